The number of hydrogen-bond donors (Lipinski definition) is 2. The molecule has 124 valence electrons. The van der Waals surface area contributed by atoms with Crippen LogP contribution in [0.3, 0.4) is 0 Å². The molecule has 0 saturated carbocycles. The molecule has 0 radical (unpaired) electrons. The molecule has 0 atom stereocenters. The van der Waals surface area contributed by atoms with Crippen molar-refractivity contribution in [1.82, 2.24) is 5.43 Å². The highest BCUT2D eigenvalue weighted by Crippen LogP contribution is 2.31. The number of nitrogens with one attached hydrogen (secondary N) is 2. The van der Waals surface area contributed by atoms with E-state index in [1.54, 1.807) is 6.21 Å². The summed E-state index contributed by atoms with van der Waals surface area (Å²) >= 11 is 2.26. The lowest BCUT2D eigenvalue weighted by Gasteiger charge is -2.08. The lowest BCUT2D eigenvalue weighted by molar-refractivity contribution is -0.119. The van der Waals surface area contributed by atoms with E-state index in [2.05, 4.69) is 44.5 Å². The van der Waals surface area contributed by atoms with Crippen molar-refractivity contribution in [3.63, 3.8) is 0 Å². The van der Waals surface area contributed by atoms with Gasteiger partial charge in [-0.1, -0.05) is 0 Å². The Hall–Kier alpha value is -2.29. The molecule has 1 heterocycles. The molecule has 0 aromatic heterocycles. The second kappa shape index (κ2) is 7.52. The van der Waals surface area contributed by atoms with Crippen LogP contribution in [0.15, 0.2) is 41.5 Å². The molecule has 0 aliphatic carbocycles. The smallest absolute Gasteiger partial charge is 0.259 e. The molecule has 3 rings (SSSR count). The molecule has 1 aliphatic rings. The van der Waals surface area contributed by atoms with Crippen LogP contribution in [0.4, 0.5) is 5.69 Å². The molecular formula is C17H16IN3O3. The van der Waals surface area contributed by atoms with Crippen LogP contribution >= 0.6 is 22.6 Å². The van der Waals surface area contributed by atoms with Gasteiger partial charge < -0.3 is 14.8 Å². The number of rotatable bonds is 5. The van der Waals surface area contributed by atoms with Gasteiger partial charge in [0.15, 0.2) is 11.5 Å². The van der Waals surface area contributed by atoms with E-state index < -0.39 is 0 Å². The first-order valence-electron chi connectivity index (χ1n) is 7.33. The van der Waals surface area contributed by atoms with Gasteiger partial charge in [0.2, 0.25) is 6.79 Å². The fourth-order valence-corrected chi connectivity index (χ4v) is 2.86. The van der Waals surface area contributed by atoms with Gasteiger partial charge >= 0.3 is 0 Å². The maximum atomic E-state index is 11.8. The largest absolute Gasteiger partial charge is 0.454 e. The lowest BCUT2D eigenvalue weighted by atomic mass is 10.2. The fourth-order valence-electron chi connectivity index (χ4n) is 2.21. The van der Waals surface area contributed by atoms with Crippen molar-refractivity contribution < 1.29 is 14.3 Å². The lowest BCUT2D eigenvalue weighted by Crippen LogP contribution is -2.26. The van der Waals surface area contributed by atoms with Gasteiger partial charge in [-0.05, 0) is 77.0 Å². The van der Waals surface area contributed by atoms with E-state index in [9.17, 15) is 4.79 Å². The van der Waals surface area contributed by atoms with E-state index in [4.69, 9.17) is 9.47 Å². The number of aryl methyl sites for hydroxylation is 1. The Bertz CT molecular complexity index is 793. The highest BCUT2D eigenvalue weighted by molar-refractivity contribution is 14.1. The Morgan fingerprint density at radius 1 is 1.25 bits per heavy atom. The summed E-state index contributed by atoms with van der Waals surface area (Å²) in [5, 5.41) is 7.05. The molecule has 0 saturated heterocycles. The number of benzene rings is 2. The molecule has 1 amide bonds. The molecule has 24 heavy (non-hydrogen) atoms. The van der Waals surface area contributed by atoms with Crippen LogP contribution in [0.25, 0.3) is 0 Å². The number of ether oxygens (including phenoxy) is 2. The Balaban J connectivity index is 1.50. The summed E-state index contributed by atoms with van der Waals surface area (Å²) in [7, 11) is 0. The molecule has 2 N–H and O–H groups in total. The second-order valence-corrected chi connectivity index (χ2v) is 6.46. The van der Waals surface area contributed by atoms with Gasteiger partial charge in [0.05, 0.1) is 12.8 Å². The first kappa shape index (κ1) is 16.6. The van der Waals surface area contributed by atoms with Crippen LogP contribution in [-0.2, 0) is 4.79 Å². The molecule has 0 fully saturated rings. The Morgan fingerprint density at radius 2 is 2.08 bits per heavy atom. The Kier molecular flexibility index (Phi) is 5.19. The van der Waals surface area contributed by atoms with Crippen molar-refractivity contribution in [3.05, 3.63) is 51.1 Å². The summed E-state index contributed by atoms with van der Waals surface area (Å²) in [5.74, 6) is 1.18. The standard InChI is InChI=1S/C17H16IN3O3/c1-11-6-13(18)3-4-14(11)19-9-17(22)21-20-8-12-2-5-15-16(7-12)24-10-23-15/h2-8,19H,9-10H2,1H3,(H,21,22)/b20-8+. The van der Waals surface area contributed by atoms with E-state index in [0.29, 0.717) is 11.5 Å². The molecule has 7 heteroatoms. The van der Waals surface area contributed by atoms with Crippen LogP contribution in [0, 0.1) is 10.5 Å². The van der Waals surface area contributed by atoms with E-state index in [-0.39, 0.29) is 19.2 Å². The van der Waals surface area contributed by atoms with Crippen molar-refractivity contribution in [2.24, 2.45) is 5.10 Å². The van der Waals surface area contributed by atoms with Crippen molar-refractivity contribution in [2.75, 3.05) is 18.7 Å². The van der Waals surface area contributed by atoms with Crippen molar-refractivity contribution in [3.8, 4) is 11.5 Å². The molecule has 2 aromatic carbocycles. The molecule has 2 aromatic rings. The fraction of sp³-hybridized carbons (Fsp3) is 0.176. The normalized spacial score (nSPS) is 12.4. The number of halogens is 1. The quantitative estimate of drug-likeness (QED) is 0.429. The zero-order valence-corrected chi connectivity index (χ0v) is 15.2. The summed E-state index contributed by atoms with van der Waals surface area (Å²) in [6.07, 6.45) is 1.57. The molecule has 0 unspecified atom stereocenters. The van der Waals surface area contributed by atoms with E-state index in [0.717, 1.165) is 20.4 Å². The summed E-state index contributed by atoms with van der Waals surface area (Å²) in [5.41, 5.74) is 5.35. The van der Waals surface area contributed by atoms with E-state index in [1.807, 2.05) is 37.3 Å². The van der Waals surface area contributed by atoms with Crippen molar-refractivity contribution in [2.45, 2.75) is 6.92 Å². The van der Waals surface area contributed by atoms with Gasteiger partial charge in [-0.15, -0.1) is 0 Å². The maximum Gasteiger partial charge on any atom is 0.259 e. The minimum atomic E-state index is -0.218. The third-order valence-corrected chi connectivity index (χ3v) is 4.10. The van der Waals surface area contributed by atoms with Gasteiger partial charge in [-0.25, -0.2) is 5.43 Å². The number of hydrazone groups is 1. The summed E-state index contributed by atoms with van der Waals surface area (Å²) in [4.78, 5) is 11.8. The predicted octanol–water partition coefficient (Wildman–Crippen LogP) is 2.89. The number of nitrogens with zero attached hydrogens (tertiary/aromatic N) is 1. The third kappa shape index (κ3) is 4.16. The van der Waals surface area contributed by atoms with Crippen LogP contribution in [0.2, 0.25) is 0 Å². The molecule has 1 aliphatic heterocycles. The van der Waals surface area contributed by atoms with Gasteiger partial charge in [0, 0.05) is 9.26 Å². The van der Waals surface area contributed by atoms with Gasteiger partial charge in [0.1, 0.15) is 0 Å². The summed E-state index contributed by atoms with van der Waals surface area (Å²) < 4.78 is 11.7. The summed E-state index contributed by atoms with van der Waals surface area (Å²) in [6, 6.07) is 11.5. The molecular weight excluding hydrogens is 421 g/mol. The Morgan fingerprint density at radius 3 is 2.92 bits per heavy atom. The second-order valence-electron chi connectivity index (χ2n) is 5.22. The predicted molar refractivity (Wildman–Crippen MR) is 101 cm³/mol. The van der Waals surface area contributed by atoms with Crippen molar-refractivity contribution in [1.29, 1.82) is 0 Å². The summed E-state index contributed by atoms with van der Waals surface area (Å²) in [6.45, 7) is 2.39. The number of anilines is 1. The topological polar surface area (TPSA) is 72.0 Å². The van der Waals surface area contributed by atoms with Crippen LogP contribution in [0.5, 0.6) is 11.5 Å². The minimum absolute atomic E-state index is 0.153. The van der Waals surface area contributed by atoms with Crippen LogP contribution < -0.4 is 20.2 Å². The van der Waals surface area contributed by atoms with Crippen LogP contribution in [-0.4, -0.2) is 25.5 Å². The average Bonchev–Trinajstić information content (AvgIpc) is 3.02. The SMILES string of the molecule is Cc1cc(I)ccc1NCC(=O)N/N=C/c1ccc2c(c1)OCO2. The van der Waals surface area contributed by atoms with Gasteiger partial charge in [-0.3, -0.25) is 4.79 Å². The zero-order valence-electron chi connectivity index (χ0n) is 13.0. The third-order valence-electron chi connectivity index (χ3n) is 3.43. The molecule has 0 bridgehead atoms. The number of carbonyl (C=O) groups is 1. The Labute approximate surface area is 153 Å². The van der Waals surface area contributed by atoms with Gasteiger partial charge in [-0.2, -0.15) is 5.10 Å². The molecule has 0 spiro atoms. The number of carbonyl (C=O) groups excluding carboxylic acids is 1. The van der Waals surface area contributed by atoms with Crippen LogP contribution in [0.1, 0.15) is 11.1 Å². The van der Waals surface area contributed by atoms with Gasteiger partial charge in [0.25, 0.3) is 5.91 Å². The first-order valence-corrected chi connectivity index (χ1v) is 8.41. The maximum absolute atomic E-state index is 11.8. The monoisotopic (exact) mass is 437 g/mol. The average molecular weight is 437 g/mol. The van der Waals surface area contributed by atoms with E-state index in [1.165, 1.54) is 0 Å². The highest BCUT2D eigenvalue weighted by atomic mass is 127. The zero-order chi connectivity index (χ0) is 16.9. The number of amides is 1. The molecule has 6 nitrogen and oxygen atoms in total. The number of hydrogen-bond acceptors (Lipinski definition) is 5. The van der Waals surface area contributed by atoms with E-state index >= 15 is 0 Å². The first-order chi connectivity index (χ1) is 11.6. The van der Waals surface area contributed by atoms with Crippen molar-refractivity contribution >= 4 is 40.4 Å². The highest BCUT2D eigenvalue weighted by Gasteiger charge is 2.12. The minimum Gasteiger partial charge on any atom is -0.454 e. The number of fused-ring (bicyclic) bond motifs is 1.